The first-order valence-corrected chi connectivity index (χ1v) is 5.18. The predicted octanol–water partition coefficient (Wildman–Crippen LogP) is 0.658. The summed E-state index contributed by atoms with van der Waals surface area (Å²) in [5, 5.41) is -0.171. The first kappa shape index (κ1) is 10.8. The molecule has 0 aromatic carbocycles. The first-order valence-electron chi connectivity index (χ1n) is 2.48. The molecule has 0 fully saturated rings. The van der Waals surface area contributed by atoms with Crippen LogP contribution in [0.5, 0.6) is 0 Å². The Kier molecular flexibility index (Phi) is 3.86. The van der Waals surface area contributed by atoms with Gasteiger partial charge >= 0.3 is 15.9 Å². The van der Waals surface area contributed by atoms with Crippen molar-refractivity contribution in [2.24, 2.45) is 5.73 Å². The van der Waals surface area contributed by atoms with Crippen molar-refractivity contribution in [3.63, 3.8) is 0 Å². The fraction of sp³-hybridized carbons (Fsp3) is 0.333. The fourth-order valence-electron chi connectivity index (χ4n) is 0.253. The van der Waals surface area contributed by atoms with Gasteiger partial charge in [0, 0.05) is 10.8 Å². The van der Waals surface area contributed by atoms with Crippen molar-refractivity contribution in [2.45, 2.75) is 6.92 Å². The number of nitrogens with two attached hydrogens (primary N) is 1. The molecule has 0 saturated carbocycles. The molecular weight excluding hydrogens is 192 g/mol. The molecule has 0 saturated heterocycles. The molecule has 0 amide bonds. The van der Waals surface area contributed by atoms with Crippen LogP contribution in [-0.2, 0) is 13.4 Å². The normalized spacial score (nSPS) is 19.2. The van der Waals surface area contributed by atoms with Gasteiger partial charge in [0.15, 0.2) is 0 Å². The average Bonchev–Trinajstić information content (AvgIpc) is 1.83. The van der Waals surface area contributed by atoms with Crippen LogP contribution in [0, 0.1) is 0 Å². The van der Waals surface area contributed by atoms with Crippen LogP contribution in [0.3, 0.4) is 0 Å². The Morgan fingerprint density at radius 3 is 2.55 bits per heavy atom. The molecule has 0 aliphatic rings. The van der Waals surface area contributed by atoms with Crippen molar-refractivity contribution in [1.82, 2.24) is 0 Å². The van der Waals surface area contributed by atoms with Gasteiger partial charge in [0.2, 0.25) is 0 Å². The van der Waals surface area contributed by atoms with E-state index in [9.17, 15) is 9.13 Å². The topological polar surface area (TPSA) is 110 Å². The standard InChI is InChI=1S/C3H7NO5P2/c1-3(2-4)11(7,8)9-10(5)6/h2H,4H2,1H3,(H-,5,6,7,8)/p+1. The van der Waals surface area contributed by atoms with Gasteiger partial charge in [-0.1, -0.05) is 0 Å². The van der Waals surface area contributed by atoms with Gasteiger partial charge in [-0.3, -0.25) is 4.57 Å². The van der Waals surface area contributed by atoms with E-state index in [1.54, 1.807) is 0 Å². The minimum atomic E-state index is -4.14. The van der Waals surface area contributed by atoms with Crippen LogP contribution in [0.15, 0.2) is 11.5 Å². The zero-order valence-corrected chi connectivity index (χ0v) is 7.46. The maximum absolute atomic E-state index is 10.8. The van der Waals surface area contributed by atoms with Crippen molar-refractivity contribution in [3.8, 4) is 0 Å². The molecule has 2 atom stereocenters. The molecule has 0 bridgehead atoms. The van der Waals surface area contributed by atoms with Gasteiger partial charge in [-0.2, -0.15) is 0 Å². The highest BCUT2D eigenvalue weighted by molar-refractivity contribution is 7.63. The highest BCUT2D eigenvalue weighted by atomic mass is 31.2. The lowest BCUT2D eigenvalue weighted by Crippen LogP contribution is -1.88. The molecule has 11 heavy (non-hydrogen) atoms. The highest BCUT2D eigenvalue weighted by Crippen LogP contribution is 2.55. The van der Waals surface area contributed by atoms with Gasteiger partial charge in [0.1, 0.15) is 0 Å². The van der Waals surface area contributed by atoms with Crippen molar-refractivity contribution < 1.29 is 23.2 Å². The summed E-state index contributed by atoms with van der Waals surface area (Å²) in [6.07, 6.45) is 0.847. The van der Waals surface area contributed by atoms with Gasteiger partial charge in [0.05, 0.1) is 5.31 Å². The second kappa shape index (κ2) is 3.95. The summed E-state index contributed by atoms with van der Waals surface area (Å²) in [7, 11) is -7.22. The van der Waals surface area contributed by atoms with E-state index >= 15 is 0 Å². The van der Waals surface area contributed by atoms with Crippen LogP contribution >= 0.6 is 15.9 Å². The Bertz CT molecular complexity index is 236. The Labute approximate surface area is 64.2 Å². The molecule has 0 rings (SSSR count). The molecule has 64 valence electrons. The van der Waals surface area contributed by atoms with Crippen LogP contribution in [0.4, 0.5) is 0 Å². The summed E-state index contributed by atoms with van der Waals surface area (Å²) < 4.78 is 24.6. The monoisotopic (exact) mass is 200 g/mol. The third kappa shape index (κ3) is 3.60. The summed E-state index contributed by atoms with van der Waals surface area (Å²) in [4.78, 5) is 16.9. The number of allylic oxidation sites excluding steroid dienone is 1. The van der Waals surface area contributed by atoms with Crippen LogP contribution < -0.4 is 5.73 Å². The molecular formula is C3H8NO5P2+. The predicted molar refractivity (Wildman–Crippen MR) is 38.7 cm³/mol. The van der Waals surface area contributed by atoms with E-state index in [2.05, 4.69) is 4.31 Å². The van der Waals surface area contributed by atoms with Gasteiger partial charge in [-0.25, -0.2) is 0 Å². The van der Waals surface area contributed by atoms with E-state index < -0.39 is 15.9 Å². The summed E-state index contributed by atoms with van der Waals surface area (Å²) in [6.45, 7) is 1.22. The smallest absolute Gasteiger partial charge is 0.404 e. The van der Waals surface area contributed by atoms with Crippen LogP contribution in [0.2, 0.25) is 0 Å². The maximum Gasteiger partial charge on any atom is 0.703 e. The molecule has 2 unspecified atom stereocenters. The van der Waals surface area contributed by atoms with Crippen LogP contribution in [0.1, 0.15) is 6.92 Å². The molecule has 0 radical (unpaired) electrons. The Morgan fingerprint density at radius 1 is 1.82 bits per heavy atom. The molecule has 4 N–H and O–H groups in total. The van der Waals surface area contributed by atoms with Crippen molar-refractivity contribution >= 4 is 15.9 Å². The van der Waals surface area contributed by atoms with Crippen molar-refractivity contribution in [2.75, 3.05) is 0 Å². The molecule has 0 aromatic rings. The molecule has 8 heteroatoms. The van der Waals surface area contributed by atoms with Crippen LogP contribution in [0.25, 0.3) is 0 Å². The Morgan fingerprint density at radius 2 is 2.27 bits per heavy atom. The van der Waals surface area contributed by atoms with E-state index in [0.717, 1.165) is 6.20 Å². The fourth-order valence-corrected chi connectivity index (χ4v) is 1.71. The van der Waals surface area contributed by atoms with Gasteiger partial charge in [-0.15, -0.1) is 4.89 Å². The minimum absolute atomic E-state index is 0.171. The third-order valence-corrected chi connectivity index (χ3v) is 3.35. The first-order chi connectivity index (χ1) is 4.90. The molecule has 0 aliphatic carbocycles. The summed E-state index contributed by atoms with van der Waals surface area (Å²) in [5.41, 5.74) is 4.88. The lowest BCUT2D eigenvalue weighted by atomic mass is 10.7. The lowest BCUT2D eigenvalue weighted by molar-refractivity contribution is 0.356. The Hall–Kier alpha value is -0.250. The second-order valence-electron chi connectivity index (χ2n) is 1.65. The second-order valence-corrected chi connectivity index (χ2v) is 4.52. The van der Waals surface area contributed by atoms with E-state index in [-0.39, 0.29) is 5.31 Å². The van der Waals surface area contributed by atoms with Crippen molar-refractivity contribution in [1.29, 1.82) is 0 Å². The van der Waals surface area contributed by atoms with E-state index in [1.165, 1.54) is 6.92 Å². The zero-order valence-electron chi connectivity index (χ0n) is 5.67. The third-order valence-electron chi connectivity index (χ3n) is 0.867. The largest absolute Gasteiger partial charge is 0.703 e. The molecule has 6 nitrogen and oxygen atoms in total. The maximum atomic E-state index is 10.8. The number of hydrogen-bond donors (Lipinski definition) is 3. The van der Waals surface area contributed by atoms with Crippen molar-refractivity contribution in [3.05, 3.63) is 11.5 Å². The number of rotatable bonds is 3. The lowest BCUT2D eigenvalue weighted by Gasteiger charge is -2.00. The van der Waals surface area contributed by atoms with Gasteiger partial charge < -0.3 is 10.6 Å². The quantitative estimate of drug-likeness (QED) is 0.577. The molecule has 0 aliphatic heterocycles. The van der Waals surface area contributed by atoms with Gasteiger partial charge in [0.25, 0.3) is 0 Å². The zero-order chi connectivity index (χ0) is 9.07. The molecule has 0 aromatic heterocycles. The molecule has 0 heterocycles. The average molecular weight is 200 g/mol. The summed E-state index contributed by atoms with van der Waals surface area (Å²) >= 11 is 0. The Balaban J connectivity index is 4.48. The SMILES string of the molecule is CC(=CN)P(=O)(O)O[P+](=O)O. The summed E-state index contributed by atoms with van der Waals surface area (Å²) in [6, 6.07) is 0. The molecule has 0 spiro atoms. The van der Waals surface area contributed by atoms with E-state index in [1.807, 2.05) is 0 Å². The van der Waals surface area contributed by atoms with Gasteiger partial charge in [-0.05, 0) is 11.2 Å². The van der Waals surface area contributed by atoms with E-state index in [4.69, 9.17) is 15.5 Å². The number of hydrogen-bond acceptors (Lipinski definition) is 4. The van der Waals surface area contributed by atoms with Crippen LogP contribution in [-0.4, -0.2) is 9.79 Å². The highest BCUT2D eigenvalue weighted by Gasteiger charge is 2.34. The summed E-state index contributed by atoms with van der Waals surface area (Å²) in [5.74, 6) is 0. The van der Waals surface area contributed by atoms with E-state index in [0.29, 0.717) is 0 Å². The minimum Gasteiger partial charge on any atom is -0.404 e.